The van der Waals surface area contributed by atoms with E-state index in [-0.39, 0.29) is 11.3 Å². The van der Waals surface area contributed by atoms with Crippen LogP contribution in [0.2, 0.25) is 5.02 Å². The van der Waals surface area contributed by atoms with Crippen molar-refractivity contribution in [3.63, 3.8) is 0 Å². The molecular weight excluding hydrogens is 337 g/mol. The van der Waals surface area contributed by atoms with Crippen molar-refractivity contribution in [3.05, 3.63) is 59.1 Å². The van der Waals surface area contributed by atoms with E-state index < -0.39 is 4.87 Å². The number of alkyl halides is 1. The van der Waals surface area contributed by atoms with E-state index in [2.05, 4.69) is 0 Å². The van der Waals surface area contributed by atoms with E-state index in [0.29, 0.717) is 10.6 Å². The van der Waals surface area contributed by atoms with Crippen LogP contribution in [0.25, 0.3) is 0 Å². The molecule has 0 saturated heterocycles. The molecule has 0 fully saturated rings. The van der Waals surface area contributed by atoms with E-state index in [1.165, 1.54) is 0 Å². The Morgan fingerprint density at radius 1 is 1.18 bits per heavy atom. The van der Waals surface area contributed by atoms with Crippen molar-refractivity contribution in [1.82, 2.24) is 0 Å². The monoisotopic (exact) mass is 351 g/mol. The highest BCUT2D eigenvalue weighted by atomic mass is 35.5. The minimum atomic E-state index is -0.558. The summed E-state index contributed by atoms with van der Waals surface area (Å²) in [5.74, 6) is -0.0846. The van der Waals surface area contributed by atoms with Gasteiger partial charge in [0.2, 0.25) is 0 Å². The van der Waals surface area contributed by atoms with E-state index in [1.807, 2.05) is 38.1 Å². The number of para-hydroxylation sites is 1. The minimum Gasteiger partial charge on any atom is -0.293 e. The van der Waals surface area contributed by atoms with Crippen LogP contribution in [0.5, 0.6) is 0 Å². The van der Waals surface area contributed by atoms with Gasteiger partial charge >= 0.3 is 0 Å². The predicted molar refractivity (Wildman–Crippen MR) is 94.3 cm³/mol. The van der Waals surface area contributed by atoms with Crippen LogP contribution in [0.4, 0.5) is 5.69 Å². The molecule has 5 heteroatoms. The highest BCUT2D eigenvalue weighted by Gasteiger charge is 2.43. The van der Waals surface area contributed by atoms with Crippen LogP contribution in [-0.2, 0) is 0 Å². The number of nitrogens with zero attached hydrogens (tertiary/aromatic N) is 1. The van der Waals surface area contributed by atoms with E-state index in [4.69, 9.17) is 23.2 Å². The van der Waals surface area contributed by atoms with Crippen molar-refractivity contribution in [2.75, 3.05) is 4.90 Å². The van der Waals surface area contributed by atoms with Gasteiger partial charge in [-0.2, -0.15) is 0 Å². The van der Waals surface area contributed by atoms with E-state index >= 15 is 0 Å². The molecule has 2 aromatic rings. The fourth-order valence-electron chi connectivity index (χ4n) is 2.48. The standard InChI is InChI=1S/C17H15Cl2NOS/c1-17(2,19)16-20(13-8-3-4-9-14(13)22-16)15(21)11-6-5-7-12(18)10-11/h3-10,16H,1-2H3. The summed E-state index contributed by atoms with van der Waals surface area (Å²) in [6.45, 7) is 3.85. The maximum Gasteiger partial charge on any atom is 0.259 e. The summed E-state index contributed by atoms with van der Waals surface area (Å²) in [5, 5.41) is 0.380. The lowest BCUT2D eigenvalue weighted by atomic mass is 10.1. The molecule has 1 amide bonds. The van der Waals surface area contributed by atoms with Gasteiger partial charge in [-0.3, -0.25) is 9.69 Å². The topological polar surface area (TPSA) is 20.3 Å². The molecule has 0 saturated carbocycles. The summed E-state index contributed by atoms with van der Waals surface area (Å²) in [5.41, 5.74) is 1.46. The maximum atomic E-state index is 13.0. The number of fused-ring (bicyclic) bond motifs is 1. The molecule has 3 rings (SSSR count). The molecule has 2 nitrogen and oxygen atoms in total. The average Bonchev–Trinajstić information content (AvgIpc) is 2.86. The van der Waals surface area contributed by atoms with Gasteiger partial charge in [0.15, 0.2) is 0 Å². The summed E-state index contributed by atoms with van der Waals surface area (Å²) in [6, 6.07) is 14.9. The Morgan fingerprint density at radius 3 is 2.59 bits per heavy atom. The minimum absolute atomic E-state index is 0.0846. The van der Waals surface area contributed by atoms with Gasteiger partial charge in [-0.25, -0.2) is 0 Å². The number of anilines is 1. The Morgan fingerprint density at radius 2 is 1.91 bits per heavy atom. The molecule has 0 N–H and O–H groups in total. The van der Waals surface area contributed by atoms with Gasteiger partial charge in [-0.1, -0.05) is 41.6 Å². The van der Waals surface area contributed by atoms with Crippen LogP contribution in [-0.4, -0.2) is 16.2 Å². The van der Waals surface area contributed by atoms with Crippen LogP contribution in [0.3, 0.4) is 0 Å². The summed E-state index contributed by atoms with van der Waals surface area (Å²) in [7, 11) is 0. The van der Waals surface area contributed by atoms with Crippen molar-refractivity contribution in [2.24, 2.45) is 0 Å². The third kappa shape index (κ3) is 2.85. The zero-order valence-corrected chi connectivity index (χ0v) is 14.5. The predicted octanol–water partition coefficient (Wildman–Crippen LogP) is 5.44. The fourth-order valence-corrected chi connectivity index (χ4v) is 4.18. The summed E-state index contributed by atoms with van der Waals surface area (Å²) in [6.07, 6.45) is 0. The van der Waals surface area contributed by atoms with Crippen LogP contribution < -0.4 is 4.90 Å². The number of halogens is 2. The van der Waals surface area contributed by atoms with Gasteiger partial charge in [0.05, 0.1) is 10.6 Å². The normalized spacial score (nSPS) is 17.5. The van der Waals surface area contributed by atoms with Crippen LogP contribution in [0.1, 0.15) is 24.2 Å². The van der Waals surface area contributed by atoms with Crippen LogP contribution in [0.15, 0.2) is 53.4 Å². The smallest absolute Gasteiger partial charge is 0.259 e. The molecule has 0 spiro atoms. The van der Waals surface area contributed by atoms with Gasteiger partial charge in [-0.05, 0) is 44.2 Å². The molecule has 114 valence electrons. The molecule has 0 aliphatic carbocycles. The fraction of sp³-hybridized carbons (Fsp3) is 0.235. The molecule has 1 atom stereocenters. The highest BCUT2D eigenvalue weighted by Crippen LogP contribution is 2.49. The summed E-state index contributed by atoms with van der Waals surface area (Å²) in [4.78, 5) is 15.3. The lowest BCUT2D eigenvalue weighted by Crippen LogP contribution is -2.45. The molecule has 2 aromatic carbocycles. The van der Waals surface area contributed by atoms with Crippen molar-refractivity contribution in [3.8, 4) is 0 Å². The number of thioether (sulfide) groups is 1. The Hall–Kier alpha value is -1.16. The Bertz CT molecular complexity index is 727. The molecule has 0 aromatic heterocycles. The second-order valence-electron chi connectivity index (χ2n) is 5.69. The average molecular weight is 352 g/mol. The van der Waals surface area contributed by atoms with E-state index in [1.54, 1.807) is 40.9 Å². The van der Waals surface area contributed by atoms with Gasteiger partial charge < -0.3 is 0 Å². The molecule has 1 heterocycles. The Kier molecular flexibility index (Phi) is 4.15. The molecule has 22 heavy (non-hydrogen) atoms. The largest absolute Gasteiger partial charge is 0.293 e. The van der Waals surface area contributed by atoms with Gasteiger partial charge in [0.25, 0.3) is 5.91 Å². The quantitative estimate of drug-likeness (QED) is 0.671. The third-order valence-electron chi connectivity index (χ3n) is 3.48. The van der Waals surface area contributed by atoms with Gasteiger partial charge in [0, 0.05) is 15.5 Å². The van der Waals surface area contributed by atoms with Crippen molar-refractivity contribution in [1.29, 1.82) is 0 Å². The lowest BCUT2D eigenvalue weighted by molar-refractivity contribution is 0.0982. The van der Waals surface area contributed by atoms with Crippen molar-refractivity contribution < 1.29 is 4.79 Å². The first-order valence-corrected chi connectivity index (χ1v) is 8.55. The van der Waals surface area contributed by atoms with E-state index in [0.717, 1.165) is 10.6 Å². The van der Waals surface area contributed by atoms with Gasteiger partial charge in [0.1, 0.15) is 5.37 Å². The number of benzene rings is 2. The zero-order chi connectivity index (χ0) is 15.9. The molecule has 0 radical (unpaired) electrons. The second kappa shape index (κ2) is 5.80. The molecular formula is C17H15Cl2NOS. The number of carbonyl (C=O) groups is 1. The number of hydrogen-bond acceptors (Lipinski definition) is 2. The highest BCUT2D eigenvalue weighted by molar-refractivity contribution is 8.00. The first-order chi connectivity index (χ1) is 10.4. The Balaban J connectivity index is 2.06. The molecule has 1 unspecified atom stereocenters. The zero-order valence-electron chi connectivity index (χ0n) is 12.2. The second-order valence-corrected chi connectivity index (χ2v) is 8.22. The third-order valence-corrected chi connectivity index (χ3v) is 5.67. The lowest BCUT2D eigenvalue weighted by Gasteiger charge is -2.32. The van der Waals surface area contributed by atoms with E-state index in [9.17, 15) is 4.79 Å². The molecule has 0 bridgehead atoms. The number of hydrogen-bond donors (Lipinski definition) is 0. The van der Waals surface area contributed by atoms with Crippen LogP contribution >= 0.6 is 35.0 Å². The SMILES string of the molecule is CC(C)(Cl)C1Sc2ccccc2N1C(=O)c1cccc(Cl)c1. The number of carbonyl (C=O) groups excluding carboxylic acids is 1. The summed E-state index contributed by atoms with van der Waals surface area (Å²) >= 11 is 14.2. The number of amides is 1. The first-order valence-electron chi connectivity index (χ1n) is 6.91. The Labute approximate surface area is 144 Å². The van der Waals surface area contributed by atoms with Crippen LogP contribution in [0, 0.1) is 0 Å². The van der Waals surface area contributed by atoms with Gasteiger partial charge in [-0.15, -0.1) is 11.6 Å². The van der Waals surface area contributed by atoms with Crippen molar-refractivity contribution in [2.45, 2.75) is 29.0 Å². The summed E-state index contributed by atoms with van der Waals surface area (Å²) < 4.78 is 0. The number of rotatable bonds is 2. The van der Waals surface area contributed by atoms with Crippen molar-refractivity contribution >= 4 is 46.6 Å². The first kappa shape index (κ1) is 15.7. The molecule has 1 aliphatic rings. The maximum absolute atomic E-state index is 13.0. The molecule has 1 aliphatic heterocycles.